The van der Waals surface area contributed by atoms with Gasteiger partial charge in [-0.05, 0) is 25.1 Å². The Morgan fingerprint density at radius 2 is 2.00 bits per heavy atom. The molecule has 1 heterocycles. The van der Waals surface area contributed by atoms with Crippen LogP contribution in [0.25, 0.3) is 10.9 Å². The zero-order valence-corrected chi connectivity index (χ0v) is 9.56. The van der Waals surface area contributed by atoms with Gasteiger partial charge in [0.15, 0.2) is 0 Å². The van der Waals surface area contributed by atoms with Crippen LogP contribution in [0.1, 0.15) is 12.5 Å². The number of halogens is 3. The molecule has 0 amide bonds. The number of fused-ring (bicyclic) bond motifs is 1. The van der Waals surface area contributed by atoms with E-state index >= 15 is 0 Å². The van der Waals surface area contributed by atoms with Gasteiger partial charge in [0.05, 0.1) is 5.56 Å². The van der Waals surface area contributed by atoms with E-state index in [0.29, 0.717) is 18.3 Å². The van der Waals surface area contributed by atoms with Crippen LogP contribution in [0.4, 0.5) is 18.9 Å². The number of nitrogens with one attached hydrogen (secondary N) is 2. The van der Waals surface area contributed by atoms with E-state index < -0.39 is 17.3 Å². The number of rotatable bonds is 2. The zero-order chi connectivity index (χ0) is 13.3. The Morgan fingerprint density at radius 1 is 1.28 bits per heavy atom. The van der Waals surface area contributed by atoms with Crippen molar-refractivity contribution in [2.75, 3.05) is 11.9 Å². The van der Waals surface area contributed by atoms with Gasteiger partial charge >= 0.3 is 6.18 Å². The van der Waals surface area contributed by atoms with E-state index in [1.54, 1.807) is 6.07 Å². The van der Waals surface area contributed by atoms with E-state index in [-0.39, 0.29) is 10.9 Å². The van der Waals surface area contributed by atoms with Crippen molar-refractivity contribution in [1.82, 2.24) is 4.98 Å². The number of aromatic amines is 1. The first-order valence-electron chi connectivity index (χ1n) is 5.40. The fourth-order valence-electron chi connectivity index (χ4n) is 1.80. The molecule has 0 saturated carbocycles. The third-order valence-electron chi connectivity index (χ3n) is 2.53. The molecule has 0 fully saturated rings. The number of hydrogen-bond acceptors (Lipinski definition) is 2. The van der Waals surface area contributed by atoms with Gasteiger partial charge in [0.2, 0.25) is 5.56 Å². The summed E-state index contributed by atoms with van der Waals surface area (Å²) in [4.78, 5) is 13.6. The third-order valence-corrected chi connectivity index (χ3v) is 2.53. The van der Waals surface area contributed by atoms with Gasteiger partial charge in [0.1, 0.15) is 0 Å². The molecule has 0 radical (unpaired) electrons. The second kappa shape index (κ2) is 4.36. The lowest BCUT2D eigenvalue weighted by atomic mass is 10.1. The molecule has 2 aromatic rings. The summed E-state index contributed by atoms with van der Waals surface area (Å²) >= 11 is 0. The molecule has 0 aliphatic carbocycles. The summed E-state index contributed by atoms with van der Waals surface area (Å²) in [7, 11) is 0. The average Bonchev–Trinajstić information content (AvgIpc) is 2.27. The molecule has 1 aromatic carbocycles. The molecule has 2 N–H and O–H groups in total. The number of alkyl halides is 3. The van der Waals surface area contributed by atoms with E-state index in [0.717, 1.165) is 0 Å². The summed E-state index contributed by atoms with van der Waals surface area (Å²) in [6.45, 7) is 2.46. The van der Waals surface area contributed by atoms with E-state index in [2.05, 4.69) is 10.3 Å². The number of H-pyrrole nitrogens is 1. The van der Waals surface area contributed by atoms with Crippen molar-refractivity contribution in [2.45, 2.75) is 13.1 Å². The predicted octanol–water partition coefficient (Wildman–Crippen LogP) is 2.98. The summed E-state index contributed by atoms with van der Waals surface area (Å²) in [6.07, 6.45) is -4.54. The van der Waals surface area contributed by atoms with Crippen LogP contribution in [0, 0.1) is 0 Å². The Bertz CT molecular complexity index is 631. The Labute approximate surface area is 101 Å². The minimum atomic E-state index is -4.54. The monoisotopic (exact) mass is 256 g/mol. The third kappa shape index (κ3) is 2.32. The van der Waals surface area contributed by atoms with Crippen molar-refractivity contribution in [3.8, 4) is 0 Å². The number of anilines is 1. The molecular weight excluding hydrogens is 245 g/mol. The Balaban J connectivity index is 2.74. The standard InChI is InChI=1S/C12H11F3N2O/c1-2-16-7-3-4-10-8(5-7)9(12(13,14)15)6-11(18)17-10/h3-6,16H,2H2,1H3,(H,17,18). The molecule has 3 nitrogen and oxygen atoms in total. The maximum Gasteiger partial charge on any atom is 0.417 e. The lowest BCUT2D eigenvalue weighted by molar-refractivity contribution is -0.136. The molecule has 96 valence electrons. The van der Waals surface area contributed by atoms with Gasteiger partial charge in [0.25, 0.3) is 0 Å². The second-order valence-electron chi connectivity index (χ2n) is 3.84. The fourth-order valence-corrected chi connectivity index (χ4v) is 1.80. The minimum absolute atomic E-state index is 0.0134. The lowest BCUT2D eigenvalue weighted by Gasteiger charge is -2.11. The van der Waals surface area contributed by atoms with Gasteiger partial charge in [-0.2, -0.15) is 13.2 Å². The topological polar surface area (TPSA) is 44.9 Å². The normalized spacial score (nSPS) is 11.8. The fraction of sp³-hybridized carbons (Fsp3) is 0.250. The van der Waals surface area contributed by atoms with Gasteiger partial charge in [-0.1, -0.05) is 0 Å². The SMILES string of the molecule is CCNc1ccc2[nH]c(=O)cc(C(F)(F)F)c2c1. The van der Waals surface area contributed by atoms with Gasteiger partial charge in [0, 0.05) is 29.2 Å². The Hall–Kier alpha value is -1.98. The molecule has 0 atom stereocenters. The highest BCUT2D eigenvalue weighted by Gasteiger charge is 2.33. The van der Waals surface area contributed by atoms with Gasteiger partial charge in [-0.15, -0.1) is 0 Å². The first-order chi connectivity index (χ1) is 8.41. The van der Waals surface area contributed by atoms with Crippen LogP contribution < -0.4 is 10.9 Å². The molecule has 0 aliphatic heterocycles. The van der Waals surface area contributed by atoms with Gasteiger partial charge in [-0.25, -0.2) is 0 Å². The van der Waals surface area contributed by atoms with Crippen molar-refractivity contribution in [3.05, 3.63) is 40.2 Å². The Kier molecular flexibility index (Phi) is 3.02. The van der Waals surface area contributed by atoms with Gasteiger partial charge in [-0.3, -0.25) is 4.79 Å². The molecule has 0 saturated heterocycles. The van der Waals surface area contributed by atoms with Crippen molar-refractivity contribution < 1.29 is 13.2 Å². The first-order valence-corrected chi connectivity index (χ1v) is 5.40. The smallest absolute Gasteiger partial charge is 0.385 e. The van der Waals surface area contributed by atoms with E-state index in [1.165, 1.54) is 12.1 Å². The van der Waals surface area contributed by atoms with E-state index in [4.69, 9.17) is 0 Å². The molecule has 0 unspecified atom stereocenters. The molecule has 18 heavy (non-hydrogen) atoms. The van der Waals surface area contributed by atoms with Crippen LogP contribution in [0.5, 0.6) is 0 Å². The van der Waals surface area contributed by atoms with Crippen molar-refractivity contribution in [2.24, 2.45) is 0 Å². The van der Waals surface area contributed by atoms with E-state index in [1.807, 2.05) is 6.92 Å². The summed E-state index contributed by atoms with van der Waals surface area (Å²) in [5, 5.41) is 2.92. The van der Waals surface area contributed by atoms with Crippen molar-refractivity contribution in [1.29, 1.82) is 0 Å². The molecule has 0 spiro atoms. The first kappa shape index (κ1) is 12.5. The molecule has 0 aliphatic rings. The average molecular weight is 256 g/mol. The molecule has 1 aromatic heterocycles. The molecule has 6 heteroatoms. The highest BCUT2D eigenvalue weighted by molar-refractivity contribution is 5.85. The maximum atomic E-state index is 12.8. The van der Waals surface area contributed by atoms with E-state index in [9.17, 15) is 18.0 Å². The number of hydrogen-bond donors (Lipinski definition) is 2. The maximum absolute atomic E-state index is 12.8. The van der Waals surface area contributed by atoms with Crippen LogP contribution in [-0.2, 0) is 6.18 Å². The largest absolute Gasteiger partial charge is 0.417 e. The zero-order valence-electron chi connectivity index (χ0n) is 9.56. The molecule has 2 rings (SSSR count). The number of aromatic nitrogens is 1. The van der Waals surface area contributed by atoms with Crippen LogP contribution in [0.2, 0.25) is 0 Å². The highest BCUT2D eigenvalue weighted by Crippen LogP contribution is 2.34. The number of pyridine rings is 1. The molecular formula is C12H11F3N2O. The molecule has 0 bridgehead atoms. The van der Waals surface area contributed by atoms with Crippen molar-refractivity contribution in [3.63, 3.8) is 0 Å². The second-order valence-corrected chi connectivity index (χ2v) is 3.84. The lowest BCUT2D eigenvalue weighted by Crippen LogP contribution is -2.14. The van der Waals surface area contributed by atoms with Crippen LogP contribution >= 0.6 is 0 Å². The van der Waals surface area contributed by atoms with Crippen molar-refractivity contribution >= 4 is 16.6 Å². The summed E-state index contributed by atoms with van der Waals surface area (Å²) in [5.41, 5.74) is -0.911. The minimum Gasteiger partial charge on any atom is -0.385 e. The van der Waals surface area contributed by atoms with Crippen LogP contribution in [0.3, 0.4) is 0 Å². The predicted molar refractivity (Wildman–Crippen MR) is 63.7 cm³/mol. The van der Waals surface area contributed by atoms with Gasteiger partial charge < -0.3 is 10.3 Å². The quantitative estimate of drug-likeness (QED) is 0.867. The number of benzene rings is 1. The Morgan fingerprint density at radius 3 is 2.61 bits per heavy atom. The van der Waals surface area contributed by atoms with Crippen LogP contribution in [-0.4, -0.2) is 11.5 Å². The highest BCUT2D eigenvalue weighted by atomic mass is 19.4. The van der Waals surface area contributed by atoms with Crippen LogP contribution in [0.15, 0.2) is 29.1 Å². The summed E-state index contributed by atoms with van der Waals surface area (Å²) in [5.74, 6) is 0. The summed E-state index contributed by atoms with van der Waals surface area (Å²) < 4.78 is 38.5. The summed E-state index contributed by atoms with van der Waals surface area (Å²) in [6, 6.07) is 5.06.